The highest BCUT2D eigenvalue weighted by molar-refractivity contribution is 6.02. The third-order valence-electron chi connectivity index (χ3n) is 3.79. The van der Waals surface area contributed by atoms with E-state index in [9.17, 15) is 9.59 Å². The van der Waals surface area contributed by atoms with Gasteiger partial charge in [0.1, 0.15) is 11.5 Å². The number of hydrogen-bond acceptors (Lipinski definition) is 4. The molecule has 0 amide bonds. The van der Waals surface area contributed by atoms with Crippen molar-refractivity contribution in [1.29, 1.82) is 0 Å². The summed E-state index contributed by atoms with van der Waals surface area (Å²) in [4.78, 5) is 23.5. The Kier molecular flexibility index (Phi) is 4.90. The molecule has 3 aromatic rings. The lowest BCUT2D eigenvalue weighted by atomic mass is 10.0. The zero-order chi connectivity index (χ0) is 17.6. The minimum absolute atomic E-state index is 0.248. The zero-order valence-corrected chi connectivity index (χ0v) is 13.6. The van der Waals surface area contributed by atoms with Crippen LogP contribution in [-0.2, 0) is 4.79 Å². The molecule has 0 spiro atoms. The normalized spacial score (nSPS) is 10.8. The van der Waals surface area contributed by atoms with E-state index in [-0.39, 0.29) is 5.75 Å². The van der Waals surface area contributed by atoms with E-state index in [1.807, 2.05) is 42.5 Å². The largest absolute Gasteiger partial charge is 0.497 e. The van der Waals surface area contributed by atoms with Gasteiger partial charge in [0.05, 0.1) is 12.7 Å². The maximum atomic E-state index is 12.1. The van der Waals surface area contributed by atoms with E-state index in [0.717, 1.165) is 22.1 Å². The minimum Gasteiger partial charge on any atom is -0.497 e. The second-order valence-electron chi connectivity index (χ2n) is 5.34. The predicted octanol–water partition coefficient (Wildman–Crippen LogP) is 4.28. The van der Waals surface area contributed by atoms with Gasteiger partial charge in [-0.15, -0.1) is 0 Å². The molecule has 3 aromatic carbocycles. The van der Waals surface area contributed by atoms with Crippen LogP contribution in [0.5, 0.6) is 11.5 Å². The molecule has 0 aromatic heterocycles. The van der Waals surface area contributed by atoms with E-state index in [1.54, 1.807) is 31.4 Å². The minimum atomic E-state index is -0.547. The first-order valence-corrected chi connectivity index (χ1v) is 7.72. The Hall–Kier alpha value is -3.40. The number of aldehydes is 1. The van der Waals surface area contributed by atoms with Crippen LogP contribution in [0.1, 0.15) is 15.9 Å². The summed E-state index contributed by atoms with van der Waals surface area (Å²) < 4.78 is 10.4. The Morgan fingerprint density at radius 3 is 2.44 bits per heavy atom. The molecular weight excluding hydrogens is 316 g/mol. The highest BCUT2D eigenvalue weighted by Gasteiger charge is 2.10. The fraction of sp³-hybridized carbons (Fsp3) is 0.0476. The summed E-state index contributed by atoms with van der Waals surface area (Å²) in [5, 5.41) is 1.67. The van der Waals surface area contributed by atoms with Gasteiger partial charge in [0.25, 0.3) is 0 Å². The van der Waals surface area contributed by atoms with Crippen LogP contribution in [0.4, 0.5) is 0 Å². The van der Waals surface area contributed by atoms with Gasteiger partial charge in [0, 0.05) is 6.08 Å². The standard InChI is InChI=1S/C21H16O4/c1-24-17-10-6-15(7-11-17)8-13-21(23)25-20-12-9-16-4-2-3-5-18(16)19(20)14-22/h2-14H,1H3. The van der Waals surface area contributed by atoms with Crippen molar-refractivity contribution < 1.29 is 19.1 Å². The summed E-state index contributed by atoms with van der Waals surface area (Å²) in [6, 6.07) is 18.2. The lowest BCUT2D eigenvalue weighted by Crippen LogP contribution is -2.06. The molecular formula is C21H16O4. The molecule has 0 bridgehead atoms. The lowest BCUT2D eigenvalue weighted by molar-refractivity contribution is -0.128. The lowest BCUT2D eigenvalue weighted by Gasteiger charge is -2.07. The van der Waals surface area contributed by atoms with Crippen molar-refractivity contribution in [1.82, 2.24) is 0 Å². The third-order valence-corrected chi connectivity index (χ3v) is 3.79. The van der Waals surface area contributed by atoms with Crippen LogP contribution in [0, 0.1) is 0 Å². The van der Waals surface area contributed by atoms with Crippen LogP contribution in [-0.4, -0.2) is 19.4 Å². The second kappa shape index (κ2) is 7.45. The molecule has 0 atom stereocenters. The van der Waals surface area contributed by atoms with Gasteiger partial charge in [-0.3, -0.25) is 4.79 Å². The molecule has 0 fully saturated rings. The molecule has 0 heterocycles. The summed E-state index contributed by atoms with van der Waals surface area (Å²) >= 11 is 0. The number of hydrogen-bond donors (Lipinski definition) is 0. The molecule has 4 heteroatoms. The third kappa shape index (κ3) is 3.75. The first-order chi connectivity index (χ1) is 12.2. The number of rotatable bonds is 5. The van der Waals surface area contributed by atoms with E-state index < -0.39 is 5.97 Å². The number of carbonyl (C=O) groups excluding carboxylic acids is 2. The van der Waals surface area contributed by atoms with Crippen molar-refractivity contribution in [2.45, 2.75) is 0 Å². The Bertz CT molecular complexity index is 940. The van der Waals surface area contributed by atoms with Crippen LogP contribution in [0.2, 0.25) is 0 Å². The van der Waals surface area contributed by atoms with Crippen LogP contribution >= 0.6 is 0 Å². The molecule has 0 aliphatic heterocycles. The molecule has 0 radical (unpaired) electrons. The highest BCUT2D eigenvalue weighted by Crippen LogP contribution is 2.26. The molecule has 124 valence electrons. The van der Waals surface area contributed by atoms with Gasteiger partial charge in [-0.25, -0.2) is 4.79 Å². The van der Waals surface area contributed by atoms with Gasteiger partial charge < -0.3 is 9.47 Å². The van der Waals surface area contributed by atoms with Gasteiger partial charge in [-0.1, -0.05) is 42.5 Å². The molecule has 0 saturated carbocycles. The SMILES string of the molecule is COc1ccc(C=CC(=O)Oc2ccc3ccccc3c2C=O)cc1. The Morgan fingerprint density at radius 2 is 1.72 bits per heavy atom. The van der Waals surface area contributed by atoms with Gasteiger partial charge in [-0.05, 0) is 40.6 Å². The Morgan fingerprint density at radius 1 is 0.960 bits per heavy atom. The van der Waals surface area contributed by atoms with E-state index >= 15 is 0 Å². The number of carbonyl (C=O) groups is 2. The Balaban J connectivity index is 1.79. The molecule has 0 unspecified atom stereocenters. The maximum Gasteiger partial charge on any atom is 0.336 e. The molecule has 0 N–H and O–H groups in total. The van der Waals surface area contributed by atoms with E-state index in [1.165, 1.54) is 6.08 Å². The van der Waals surface area contributed by atoms with Crippen molar-refractivity contribution in [3.8, 4) is 11.5 Å². The first kappa shape index (κ1) is 16.5. The van der Waals surface area contributed by atoms with Crippen molar-refractivity contribution >= 4 is 29.1 Å². The Labute approximate surface area is 145 Å². The smallest absolute Gasteiger partial charge is 0.336 e. The fourth-order valence-corrected chi connectivity index (χ4v) is 2.51. The maximum absolute atomic E-state index is 12.1. The van der Waals surface area contributed by atoms with Crippen molar-refractivity contribution in [3.63, 3.8) is 0 Å². The number of methoxy groups -OCH3 is 1. The summed E-state index contributed by atoms with van der Waals surface area (Å²) in [6.45, 7) is 0. The summed E-state index contributed by atoms with van der Waals surface area (Å²) in [6.07, 6.45) is 3.67. The van der Waals surface area contributed by atoms with Crippen molar-refractivity contribution in [2.75, 3.05) is 7.11 Å². The highest BCUT2D eigenvalue weighted by atomic mass is 16.5. The summed E-state index contributed by atoms with van der Waals surface area (Å²) in [5.74, 6) is 0.443. The average Bonchev–Trinajstić information content (AvgIpc) is 2.66. The number of fused-ring (bicyclic) bond motifs is 1. The van der Waals surface area contributed by atoms with Crippen LogP contribution < -0.4 is 9.47 Å². The topological polar surface area (TPSA) is 52.6 Å². The first-order valence-electron chi connectivity index (χ1n) is 7.72. The van der Waals surface area contributed by atoms with E-state index in [2.05, 4.69) is 0 Å². The van der Waals surface area contributed by atoms with Gasteiger partial charge in [-0.2, -0.15) is 0 Å². The van der Waals surface area contributed by atoms with Crippen molar-refractivity contribution in [3.05, 3.63) is 77.9 Å². The molecule has 0 aliphatic rings. The molecule has 0 saturated heterocycles. The summed E-state index contributed by atoms with van der Waals surface area (Å²) in [5.41, 5.74) is 1.20. The number of ether oxygens (including phenoxy) is 2. The second-order valence-corrected chi connectivity index (χ2v) is 5.34. The van der Waals surface area contributed by atoms with E-state index in [4.69, 9.17) is 9.47 Å². The number of esters is 1. The molecule has 4 nitrogen and oxygen atoms in total. The quantitative estimate of drug-likeness (QED) is 0.303. The average molecular weight is 332 g/mol. The number of benzene rings is 3. The fourth-order valence-electron chi connectivity index (χ4n) is 2.51. The summed E-state index contributed by atoms with van der Waals surface area (Å²) in [7, 11) is 1.59. The van der Waals surface area contributed by atoms with E-state index in [0.29, 0.717) is 11.8 Å². The monoisotopic (exact) mass is 332 g/mol. The van der Waals surface area contributed by atoms with Crippen molar-refractivity contribution in [2.24, 2.45) is 0 Å². The zero-order valence-electron chi connectivity index (χ0n) is 13.6. The van der Waals surface area contributed by atoms with Crippen LogP contribution in [0.25, 0.3) is 16.8 Å². The van der Waals surface area contributed by atoms with Gasteiger partial charge in [0.2, 0.25) is 0 Å². The van der Waals surface area contributed by atoms with Gasteiger partial charge >= 0.3 is 5.97 Å². The molecule has 0 aliphatic carbocycles. The molecule has 25 heavy (non-hydrogen) atoms. The van der Waals surface area contributed by atoms with Gasteiger partial charge in [0.15, 0.2) is 6.29 Å². The molecule has 3 rings (SSSR count). The predicted molar refractivity (Wildman–Crippen MR) is 97.0 cm³/mol. The van der Waals surface area contributed by atoms with Crippen LogP contribution in [0.15, 0.2) is 66.7 Å². The van der Waals surface area contributed by atoms with Crippen LogP contribution in [0.3, 0.4) is 0 Å².